The Kier molecular flexibility index (Phi) is 4.29. The molecule has 0 bridgehead atoms. The van der Waals surface area contributed by atoms with Crippen molar-refractivity contribution in [2.75, 3.05) is 4.72 Å². The zero-order chi connectivity index (χ0) is 15.6. The summed E-state index contributed by atoms with van der Waals surface area (Å²) < 4.78 is 40.1. The molecule has 0 unspecified atom stereocenters. The van der Waals surface area contributed by atoms with E-state index < -0.39 is 20.7 Å². The van der Waals surface area contributed by atoms with Crippen molar-refractivity contribution in [2.24, 2.45) is 0 Å². The number of Topliss-reactive ketones (excluding diaryl/α,β-unsaturated/α-hetero) is 1. The van der Waals surface area contributed by atoms with Crippen LogP contribution in [-0.2, 0) is 10.0 Å². The highest BCUT2D eigenvalue weighted by Gasteiger charge is 2.19. The van der Waals surface area contributed by atoms with E-state index in [2.05, 4.69) is 4.72 Å². The number of nitrogens with one attached hydrogen (secondary N) is 1. The van der Waals surface area contributed by atoms with Crippen LogP contribution in [0.4, 0.5) is 10.1 Å². The van der Waals surface area contributed by atoms with Gasteiger partial charge in [-0.25, -0.2) is 12.8 Å². The summed E-state index contributed by atoms with van der Waals surface area (Å²) in [5, 5.41) is 0.115. The van der Waals surface area contributed by atoms with Gasteiger partial charge in [0.2, 0.25) is 0 Å². The average molecular weight is 328 g/mol. The summed E-state index contributed by atoms with van der Waals surface area (Å²) in [4.78, 5) is 10.6. The number of sulfonamides is 1. The number of carbonyl (C=O) groups is 1. The Labute approximate surface area is 126 Å². The first-order valence-corrected chi connectivity index (χ1v) is 7.74. The maximum atomic E-state index is 13.6. The number of hydrogen-bond acceptors (Lipinski definition) is 3. The first-order chi connectivity index (χ1) is 9.79. The highest BCUT2D eigenvalue weighted by atomic mass is 35.5. The van der Waals surface area contributed by atoms with E-state index in [1.54, 1.807) is 0 Å². The van der Waals surface area contributed by atoms with Crippen LogP contribution >= 0.6 is 11.6 Å². The van der Waals surface area contributed by atoms with Crippen LogP contribution < -0.4 is 4.72 Å². The summed E-state index contributed by atoms with van der Waals surface area (Å²) in [6.07, 6.45) is 0. The number of carbonyl (C=O) groups excluding carboxylic acids is 1. The van der Waals surface area contributed by atoms with Crippen LogP contribution in [0.5, 0.6) is 0 Å². The predicted octanol–water partition coefficient (Wildman–Crippen LogP) is 3.48. The van der Waals surface area contributed by atoms with Crippen molar-refractivity contribution < 1.29 is 17.6 Å². The van der Waals surface area contributed by atoms with Crippen molar-refractivity contribution in [2.45, 2.75) is 11.8 Å². The Bertz CT molecular complexity index is 788. The van der Waals surface area contributed by atoms with Gasteiger partial charge < -0.3 is 0 Å². The van der Waals surface area contributed by atoms with Gasteiger partial charge in [0.15, 0.2) is 5.78 Å². The molecule has 0 aliphatic rings. The SMILES string of the molecule is CC(=O)c1ccc(NS(=O)(=O)c2cc(Cl)ccc2F)cc1. The summed E-state index contributed by atoms with van der Waals surface area (Å²) in [7, 11) is -4.09. The standard InChI is InChI=1S/C14H11ClFNO3S/c1-9(18)10-2-5-12(6-3-10)17-21(19,20)14-8-11(15)4-7-13(14)16/h2-8,17H,1H3. The van der Waals surface area contributed by atoms with Crippen molar-refractivity contribution in [3.63, 3.8) is 0 Å². The molecule has 0 aliphatic carbocycles. The quantitative estimate of drug-likeness (QED) is 0.874. The monoisotopic (exact) mass is 327 g/mol. The van der Waals surface area contributed by atoms with Crippen molar-refractivity contribution in [1.29, 1.82) is 0 Å². The van der Waals surface area contributed by atoms with Gasteiger partial charge in [-0.15, -0.1) is 0 Å². The van der Waals surface area contributed by atoms with E-state index in [4.69, 9.17) is 11.6 Å². The summed E-state index contributed by atoms with van der Waals surface area (Å²) in [6, 6.07) is 9.09. The highest BCUT2D eigenvalue weighted by molar-refractivity contribution is 7.92. The van der Waals surface area contributed by atoms with Gasteiger partial charge in [0, 0.05) is 16.3 Å². The zero-order valence-corrected chi connectivity index (χ0v) is 12.5. The van der Waals surface area contributed by atoms with Gasteiger partial charge in [-0.05, 0) is 49.4 Å². The lowest BCUT2D eigenvalue weighted by Gasteiger charge is -2.09. The molecule has 0 aliphatic heterocycles. The third-order valence-electron chi connectivity index (χ3n) is 2.73. The number of halogens is 2. The fourth-order valence-corrected chi connectivity index (χ4v) is 3.07. The largest absolute Gasteiger partial charge is 0.295 e. The van der Waals surface area contributed by atoms with E-state index in [1.165, 1.54) is 37.3 Å². The van der Waals surface area contributed by atoms with Gasteiger partial charge in [-0.3, -0.25) is 9.52 Å². The molecule has 21 heavy (non-hydrogen) atoms. The second-order valence-corrected chi connectivity index (χ2v) is 6.40. The minimum Gasteiger partial charge on any atom is -0.295 e. The van der Waals surface area contributed by atoms with Crippen molar-refractivity contribution >= 4 is 33.1 Å². The van der Waals surface area contributed by atoms with Crippen LogP contribution in [0.3, 0.4) is 0 Å². The second-order valence-electron chi connectivity index (χ2n) is 4.31. The number of anilines is 1. The van der Waals surface area contributed by atoms with Crippen molar-refractivity contribution in [3.05, 3.63) is 58.9 Å². The normalized spacial score (nSPS) is 11.2. The van der Waals surface area contributed by atoms with Crippen LogP contribution in [0.25, 0.3) is 0 Å². The van der Waals surface area contributed by atoms with E-state index in [-0.39, 0.29) is 16.5 Å². The molecule has 0 aromatic heterocycles. The number of rotatable bonds is 4. The Hall–Kier alpha value is -1.92. The summed E-state index contributed by atoms with van der Waals surface area (Å²) in [6.45, 7) is 1.40. The van der Waals surface area contributed by atoms with E-state index in [0.717, 1.165) is 12.1 Å². The van der Waals surface area contributed by atoms with Crippen LogP contribution in [0, 0.1) is 5.82 Å². The summed E-state index contributed by atoms with van der Waals surface area (Å²) >= 11 is 5.69. The number of ketones is 1. The molecule has 0 saturated carbocycles. The third kappa shape index (κ3) is 3.59. The molecule has 0 heterocycles. The molecule has 0 fully saturated rings. The zero-order valence-electron chi connectivity index (χ0n) is 10.9. The maximum Gasteiger partial charge on any atom is 0.264 e. The Morgan fingerprint density at radius 2 is 1.76 bits per heavy atom. The highest BCUT2D eigenvalue weighted by Crippen LogP contribution is 2.22. The third-order valence-corrected chi connectivity index (χ3v) is 4.36. The lowest BCUT2D eigenvalue weighted by molar-refractivity contribution is 0.101. The lowest BCUT2D eigenvalue weighted by Crippen LogP contribution is -2.14. The Morgan fingerprint density at radius 1 is 1.14 bits per heavy atom. The molecule has 0 radical (unpaired) electrons. The van der Waals surface area contributed by atoms with Crippen LogP contribution in [0.1, 0.15) is 17.3 Å². The van der Waals surface area contributed by atoms with Gasteiger partial charge in [-0.1, -0.05) is 11.6 Å². The van der Waals surface area contributed by atoms with E-state index in [0.29, 0.717) is 5.56 Å². The van der Waals surface area contributed by atoms with E-state index >= 15 is 0 Å². The smallest absolute Gasteiger partial charge is 0.264 e. The van der Waals surface area contributed by atoms with E-state index in [1.807, 2.05) is 0 Å². The molecular formula is C14H11ClFNO3S. The summed E-state index contributed by atoms with van der Waals surface area (Å²) in [5.74, 6) is -1.03. The maximum absolute atomic E-state index is 13.6. The first-order valence-electron chi connectivity index (χ1n) is 5.88. The first kappa shape index (κ1) is 15.5. The number of hydrogen-bond donors (Lipinski definition) is 1. The van der Waals surface area contributed by atoms with E-state index in [9.17, 15) is 17.6 Å². The van der Waals surface area contributed by atoms with Gasteiger partial charge >= 0.3 is 0 Å². The molecule has 2 aromatic carbocycles. The molecule has 7 heteroatoms. The van der Waals surface area contributed by atoms with Crippen molar-refractivity contribution in [1.82, 2.24) is 0 Å². The molecule has 0 atom stereocenters. The topological polar surface area (TPSA) is 63.2 Å². The van der Waals surface area contributed by atoms with Crippen molar-refractivity contribution in [3.8, 4) is 0 Å². The molecule has 2 rings (SSSR count). The van der Waals surface area contributed by atoms with Crippen LogP contribution in [-0.4, -0.2) is 14.2 Å². The average Bonchev–Trinajstić information content (AvgIpc) is 2.41. The van der Waals surface area contributed by atoms with Crippen LogP contribution in [0.2, 0.25) is 5.02 Å². The van der Waals surface area contributed by atoms with Crippen LogP contribution in [0.15, 0.2) is 47.4 Å². The lowest BCUT2D eigenvalue weighted by atomic mass is 10.1. The minimum atomic E-state index is -4.09. The minimum absolute atomic E-state index is 0.115. The molecule has 2 aromatic rings. The predicted molar refractivity (Wildman–Crippen MR) is 78.7 cm³/mol. The molecule has 0 amide bonds. The molecule has 0 saturated heterocycles. The molecule has 110 valence electrons. The fraction of sp³-hybridized carbons (Fsp3) is 0.0714. The molecule has 1 N–H and O–H groups in total. The Morgan fingerprint density at radius 3 is 2.33 bits per heavy atom. The molecule has 0 spiro atoms. The van der Waals surface area contributed by atoms with Gasteiger partial charge in [0.25, 0.3) is 10.0 Å². The number of benzene rings is 2. The van der Waals surface area contributed by atoms with Gasteiger partial charge in [0.05, 0.1) is 0 Å². The van der Waals surface area contributed by atoms with Gasteiger partial charge in [-0.2, -0.15) is 0 Å². The molecular weight excluding hydrogens is 317 g/mol. The second kappa shape index (κ2) is 5.83. The Balaban J connectivity index is 2.33. The summed E-state index contributed by atoms with van der Waals surface area (Å²) in [5.41, 5.74) is 0.672. The fourth-order valence-electron chi connectivity index (χ4n) is 1.67. The van der Waals surface area contributed by atoms with Gasteiger partial charge in [0.1, 0.15) is 10.7 Å². The molecule has 4 nitrogen and oxygen atoms in total.